The minimum absolute atomic E-state index is 0.0332. The van der Waals surface area contributed by atoms with Gasteiger partial charge in [0.25, 0.3) is 0 Å². The molecule has 0 saturated heterocycles. The average molecular weight is 487 g/mol. The molecule has 2 aromatic carbocycles. The minimum atomic E-state index is -4.00. The topological polar surface area (TPSA) is 81.7 Å². The number of carbonyl (C=O) groups excluding carboxylic acids is 1. The van der Waals surface area contributed by atoms with Crippen molar-refractivity contribution in [1.82, 2.24) is 4.72 Å². The second-order valence-corrected chi connectivity index (χ2v) is 10.0. The molecule has 0 aliphatic heterocycles. The van der Waals surface area contributed by atoms with E-state index in [1.54, 1.807) is 0 Å². The van der Waals surface area contributed by atoms with Crippen LogP contribution in [-0.2, 0) is 19.6 Å². The Morgan fingerprint density at radius 1 is 1.07 bits per heavy atom. The average Bonchev–Trinajstić information content (AvgIpc) is 2.64. The van der Waals surface area contributed by atoms with Gasteiger partial charge in [0.2, 0.25) is 13.8 Å². The molecule has 0 heterocycles. The number of rotatable bonds is 7. The maximum atomic E-state index is 12.6. The smallest absolute Gasteiger partial charge is 0.343 e. The Balaban J connectivity index is 2.24. The lowest BCUT2D eigenvalue weighted by Gasteiger charge is -2.26. The number of esters is 1. The van der Waals surface area contributed by atoms with E-state index < -0.39 is 25.8 Å². The summed E-state index contributed by atoms with van der Waals surface area (Å²) in [5.74, 6) is -0.184. The molecule has 28 heavy (non-hydrogen) atoms. The third-order valence-electron chi connectivity index (χ3n) is 3.52. The zero-order chi connectivity index (χ0) is 20.9. The van der Waals surface area contributed by atoms with Crippen LogP contribution >= 0.6 is 46.4 Å². The summed E-state index contributed by atoms with van der Waals surface area (Å²) in [7, 11) is -2.75. The number of sulfonamides is 1. The highest BCUT2D eigenvalue weighted by molar-refractivity contribution is 7.89. The summed E-state index contributed by atoms with van der Waals surface area (Å²) in [6.07, 6.45) is 0. The number of alkyl halides is 3. The summed E-state index contributed by atoms with van der Waals surface area (Å²) in [5, 5.41) is 0.388. The Hall–Kier alpha value is -1.22. The van der Waals surface area contributed by atoms with Gasteiger partial charge in [-0.15, -0.1) is 0 Å². The molecule has 0 aliphatic carbocycles. The van der Waals surface area contributed by atoms with E-state index in [1.165, 1.54) is 55.6 Å². The lowest BCUT2D eigenvalue weighted by molar-refractivity contribution is -0.142. The van der Waals surface area contributed by atoms with Crippen molar-refractivity contribution < 1.29 is 22.7 Å². The standard InChI is InChI=1S/C17H15Cl4NO5S/c1-26-15(23)10-27-13-6-2-11(3-7-13)16(17(19,20)21)22-28(24,25)14-8-4-12(18)5-9-14/h2-9,16,22H,10H2,1H3/t16-/m1/s1. The van der Waals surface area contributed by atoms with E-state index in [1.807, 2.05) is 0 Å². The predicted molar refractivity (Wildman–Crippen MR) is 109 cm³/mol. The molecule has 11 heteroatoms. The quantitative estimate of drug-likeness (QED) is 0.466. The fourth-order valence-corrected chi connectivity index (χ4v) is 4.23. The first-order chi connectivity index (χ1) is 13.0. The maximum absolute atomic E-state index is 12.6. The molecule has 1 atom stereocenters. The fourth-order valence-electron chi connectivity index (χ4n) is 2.12. The molecule has 2 aromatic rings. The predicted octanol–water partition coefficient (Wildman–Crippen LogP) is 4.28. The molecule has 2 rings (SSSR count). The molecule has 0 saturated carbocycles. The highest BCUT2D eigenvalue weighted by Gasteiger charge is 2.37. The zero-order valence-corrected chi connectivity index (χ0v) is 18.2. The van der Waals surface area contributed by atoms with Crippen LogP contribution in [0.25, 0.3) is 0 Å². The number of methoxy groups -OCH3 is 1. The third kappa shape index (κ3) is 6.40. The SMILES string of the molecule is COC(=O)COc1ccc([C@@H](NS(=O)(=O)c2ccc(Cl)cc2)C(Cl)(Cl)Cl)cc1. The Kier molecular flexibility index (Phi) is 7.84. The van der Waals surface area contributed by atoms with E-state index >= 15 is 0 Å². The molecule has 0 fully saturated rings. The van der Waals surface area contributed by atoms with Gasteiger partial charge in [-0.2, -0.15) is 4.72 Å². The molecular formula is C17H15Cl4NO5S. The van der Waals surface area contributed by atoms with Crippen molar-refractivity contribution in [1.29, 1.82) is 0 Å². The van der Waals surface area contributed by atoms with Gasteiger partial charge in [-0.3, -0.25) is 0 Å². The van der Waals surface area contributed by atoms with Crippen LogP contribution in [0.3, 0.4) is 0 Å². The van der Waals surface area contributed by atoms with Crippen molar-refractivity contribution in [2.24, 2.45) is 0 Å². The largest absolute Gasteiger partial charge is 0.482 e. The number of ether oxygens (including phenoxy) is 2. The monoisotopic (exact) mass is 485 g/mol. The van der Waals surface area contributed by atoms with Gasteiger partial charge in [0.15, 0.2) is 6.61 Å². The van der Waals surface area contributed by atoms with Crippen molar-refractivity contribution in [2.75, 3.05) is 13.7 Å². The molecule has 0 spiro atoms. The van der Waals surface area contributed by atoms with Gasteiger partial charge in [0, 0.05) is 5.02 Å². The Morgan fingerprint density at radius 2 is 1.64 bits per heavy atom. The van der Waals surface area contributed by atoms with Crippen LogP contribution in [0.1, 0.15) is 11.6 Å². The molecule has 152 valence electrons. The van der Waals surface area contributed by atoms with Gasteiger partial charge in [-0.1, -0.05) is 58.5 Å². The van der Waals surface area contributed by atoms with Crippen molar-refractivity contribution in [3.63, 3.8) is 0 Å². The van der Waals surface area contributed by atoms with Crippen LogP contribution < -0.4 is 9.46 Å². The number of benzene rings is 2. The number of carbonyl (C=O) groups is 1. The van der Waals surface area contributed by atoms with Crippen molar-refractivity contribution in [2.45, 2.75) is 14.7 Å². The van der Waals surface area contributed by atoms with Crippen LogP contribution in [0.4, 0.5) is 0 Å². The van der Waals surface area contributed by atoms with E-state index in [-0.39, 0.29) is 11.5 Å². The summed E-state index contributed by atoms with van der Waals surface area (Å²) in [6.45, 7) is -0.271. The molecular weight excluding hydrogens is 472 g/mol. The second-order valence-electron chi connectivity index (χ2n) is 5.48. The normalized spacial score (nSPS) is 13.0. The molecule has 1 N–H and O–H groups in total. The van der Waals surface area contributed by atoms with Crippen LogP contribution in [-0.4, -0.2) is 31.9 Å². The maximum Gasteiger partial charge on any atom is 0.343 e. The van der Waals surface area contributed by atoms with E-state index in [0.29, 0.717) is 16.3 Å². The molecule has 0 amide bonds. The summed E-state index contributed by atoms with van der Waals surface area (Å²) in [5.41, 5.74) is 0.378. The summed E-state index contributed by atoms with van der Waals surface area (Å²) in [4.78, 5) is 11.1. The van der Waals surface area contributed by atoms with Crippen molar-refractivity contribution in [3.8, 4) is 5.75 Å². The van der Waals surface area contributed by atoms with Crippen molar-refractivity contribution in [3.05, 3.63) is 59.1 Å². The summed E-state index contributed by atoms with van der Waals surface area (Å²) in [6, 6.07) is 10.4. The highest BCUT2D eigenvalue weighted by atomic mass is 35.6. The number of hydrogen-bond donors (Lipinski definition) is 1. The highest BCUT2D eigenvalue weighted by Crippen LogP contribution is 2.41. The Bertz CT molecular complexity index is 912. The first-order valence-electron chi connectivity index (χ1n) is 7.67. The minimum Gasteiger partial charge on any atom is -0.482 e. The summed E-state index contributed by atoms with van der Waals surface area (Å²) < 4.78 is 35.4. The summed E-state index contributed by atoms with van der Waals surface area (Å²) >= 11 is 23.8. The van der Waals surface area contributed by atoms with Gasteiger partial charge in [-0.25, -0.2) is 13.2 Å². The fraction of sp³-hybridized carbons (Fsp3) is 0.235. The Morgan fingerprint density at radius 3 is 2.14 bits per heavy atom. The second kappa shape index (κ2) is 9.52. The number of nitrogens with one attached hydrogen (secondary N) is 1. The van der Waals surface area contributed by atoms with Gasteiger partial charge >= 0.3 is 5.97 Å². The van der Waals surface area contributed by atoms with E-state index in [4.69, 9.17) is 51.1 Å². The van der Waals surface area contributed by atoms with Crippen LogP contribution in [0.2, 0.25) is 5.02 Å². The lowest BCUT2D eigenvalue weighted by atomic mass is 10.1. The van der Waals surface area contributed by atoms with Crippen LogP contribution in [0.15, 0.2) is 53.4 Å². The van der Waals surface area contributed by atoms with Gasteiger partial charge < -0.3 is 9.47 Å². The zero-order valence-electron chi connectivity index (χ0n) is 14.4. The van der Waals surface area contributed by atoms with E-state index in [0.717, 1.165) is 0 Å². The number of halogens is 4. The van der Waals surface area contributed by atoms with Crippen LogP contribution in [0.5, 0.6) is 5.75 Å². The Labute approximate surface area is 182 Å². The molecule has 0 unspecified atom stereocenters. The molecule has 0 radical (unpaired) electrons. The third-order valence-corrected chi connectivity index (χ3v) is 5.87. The molecule has 0 aromatic heterocycles. The van der Waals surface area contributed by atoms with E-state index in [2.05, 4.69) is 9.46 Å². The van der Waals surface area contributed by atoms with Gasteiger partial charge in [-0.05, 0) is 42.0 Å². The molecule has 0 aliphatic rings. The van der Waals surface area contributed by atoms with Crippen LogP contribution in [0, 0.1) is 0 Å². The first-order valence-corrected chi connectivity index (χ1v) is 10.7. The molecule has 6 nitrogen and oxygen atoms in total. The van der Waals surface area contributed by atoms with Crippen molar-refractivity contribution >= 4 is 62.4 Å². The lowest BCUT2D eigenvalue weighted by Crippen LogP contribution is -2.36. The molecule has 0 bridgehead atoms. The number of hydrogen-bond acceptors (Lipinski definition) is 5. The van der Waals surface area contributed by atoms with Gasteiger partial charge in [0.05, 0.1) is 18.0 Å². The van der Waals surface area contributed by atoms with E-state index in [9.17, 15) is 13.2 Å². The first kappa shape index (κ1) is 23.1. The van der Waals surface area contributed by atoms with Gasteiger partial charge in [0.1, 0.15) is 5.75 Å².